The molecular formula is C14H21ClN2. The van der Waals surface area contributed by atoms with Gasteiger partial charge in [0.1, 0.15) is 0 Å². The number of aryl methyl sites for hydroxylation is 1. The number of aromatic nitrogens is 1. The van der Waals surface area contributed by atoms with E-state index in [2.05, 4.69) is 50.0 Å². The Balaban J connectivity index is 0.00000144. The minimum absolute atomic E-state index is 0. The zero-order chi connectivity index (χ0) is 11.7. The summed E-state index contributed by atoms with van der Waals surface area (Å²) in [5.41, 5.74) is 9.96. The lowest BCUT2D eigenvalue weighted by molar-refractivity contribution is 0.510. The normalized spacial score (nSPS) is 12.8. The van der Waals surface area contributed by atoms with E-state index in [4.69, 9.17) is 5.73 Å². The zero-order valence-electron chi connectivity index (χ0n) is 10.7. The van der Waals surface area contributed by atoms with E-state index in [-0.39, 0.29) is 18.4 Å². The maximum atomic E-state index is 6.29. The van der Waals surface area contributed by atoms with Crippen LogP contribution in [0.1, 0.15) is 37.6 Å². The lowest BCUT2D eigenvalue weighted by Gasteiger charge is -2.14. The molecular weight excluding hydrogens is 232 g/mol. The third-order valence-corrected chi connectivity index (χ3v) is 3.04. The highest BCUT2D eigenvalue weighted by Crippen LogP contribution is 2.29. The van der Waals surface area contributed by atoms with Gasteiger partial charge in [-0.25, -0.2) is 0 Å². The maximum Gasteiger partial charge on any atom is 0.0459 e. The lowest BCUT2D eigenvalue weighted by Crippen LogP contribution is -2.13. The van der Waals surface area contributed by atoms with Crippen molar-refractivity contribution in [3.8, 4) is 0 Å². The number of fused-ring (bicyclic) bond motifs is 1. The topological polar surface area (TPSA) is 41.8 Å². The highest BCUT2D eigenvalue weighted by atomic mass is 35.5. The van der Waals surface area contributed by atoms with Crippen molar-refractivity contribution in [1.82, 2.24) is 4.98 Å². The number of rotatable bonds is 3. The molecule has 0 aliphatic carbocycles. The third-order valence-electron chi connectivity index (χ3n) is 3.04. The van der Waals surface area contributed by atoms with E-state index >= 15 is 0 Å². The van der Waals surface area contributed by atoms with Gasteiger partial charge < -0.3 is 10.7 Å². The summed E-state index contributed by atoms with van der Waals surface area (Å²) < 4.78 is 0. The number of nitrogens with one attached hydrogen (secondary N) is 1. The first-order valence-corrected chi connectivity index (χ1v) is 5.92. The molecule has 0 saturated heterocycles. The predicted molar refractivity (Wildman–Crippen MR) is 76.7 cm³/mol. The number of aromatic amines is 1. The van der Waals surface area contributed by atoms with E-state index in [1.807, 2.05) is 0 Å². The van der Waals surface area contributed by atoms with E-state index < -0.39 is 0 Å². The summed E-state index contributed by atoms with van der Waals surface area (Å²) in [4.78, 5) is 3.40. The SMILES string of the molecule is Cc1[nH]c2ccccc2c1[C@H](N)CC(C)C.Cl. The van der Waals surface area contributed by atoms with Crippen LogP contribution in [-0.4, -0.2) is 4.98 Å². The van der Waals surface area contributed by atoms with Crippen molar-refractivity contribution in [2.75, 3.05) is 0 Å². The second-order valence-electron chi connectivity index (χ2n) is 4.95. The summed E-state index contributed by atoms with van der Waals surface area (Å²) in [6, 6.07) is 8.51. The molecule has 0 bridgehead atoms. The number of nitrogens with two attached hydrogens (primary N) is 1. The van der Waals surface area contributed by atoms with Crippen LogP contribution in [0.3, 0.4) is 0 Å². The zero-order valence-corrected chi connectivity index (χ0v) is 11.5. The van der Waals surface area contributed by atoms with Crippen LogP contribution in [0.15, 0.2) is 24.3 Å². The molecule has 1 aromatic carbocycles. The van der Waals surface area contributed by atoms with Gasteiger partial charge in [0.2, 0.25) is 0 Å². The third kappa shape index (κ3) is 2.82. The van der Waals surface area contributed by atoms with Crippen molar-refractivity contribution < 1.29 is 0 Å². The van der Waals surface area contributed by atoms with Crippen LogP contribution in [0, 0.1) is 12.8 Å². The van der Waals surface area contributed by atoms with E-state index in [9.17, 15) is 0 Å². The molecule has 0 amide bonds. The van der Waals surface area contributed by atoms with E-state index in [0.717, 1.165) is 6.42 Å². The van der Waals surface area contributed by atoms with Crippen molar-refractivity contribution in [3.05, 3.63) is 35.5 Å². The molecule has 2 rings (SSSR count). The predicted octanol–water partition coefficient (Wildman–Crippen LogP) is 3.94. The smallest absolute Gasteiger partial charge is 0.0459 e. The molecule has 0 fully saturated rings. The summed E-state index contributed by atoms with van der Waals surface area (Å²) in [5.74, 6) is 0.628. The Morgan fingerprint density at radius 2 is 1.88 bits per heavy atom. The van der Waals surface area contributed by atoms with E-state index in [1.165, 1.54) is 22.2 Å². The molecule has 3 heteroatoms. The van der Waals surface area contributed by atoms with Gasteiger partial charge in [0.15, 0.2) is 0 Å². The maximum absolute atomic E-state index is 6.29. The quantitative estimate of drug-likeness (QED) is 0.854. The van der Waals surface area contributed by atoms with Crippen LogP contribution >= 0.6 is 12.4 Å². The highest BCUT2D eigenvalue weighted by Gasteiger charge is 2.15. The summed E-state index contributed by atoms with van der Waals surface area (Å²) >= 11 is 0. The molecule has 0 radical (unpaired) electrons. The Morgan fingerprint density at radius 3 is 2.53 bits per heavy atom. The second kappa shape index (κ2) is 5.56. The molecule has 0 aliphatic rings. The Labute approximate surface area is 109 Å². The fourth-order valence-corrected chi connectivity index (χ4v) is 2.40. The number of benzene rings is 1. The van der Waals surface area contributed by atoms with Gasteiger partial charge in [-0.1, -0.05) is 32.0 Å². The first-order valence-electron chi connectivity index (χ1n) is 5.92. The van der Waals surface area contributed by atoms with Gasteiger partial charge in [0, 0.05) is 22.6 Å². The molecule has 0 aliphatic heterocycles. The summed E-state index contributed by atoms with van der Waals surface area (Å²) in [6.45, 7) is 6.53. The molecule has 2 nitrogen and oxygen atoms in total. The number of hydrogen-bond donors (Lipinski definition) is 2. The second-order valence-corrected chi connectivity index (χ2v) is 4.95. The summed E-state index contributed by atoms with van der Waals surface area (Å²) in [5, 5.41) is 1.27. The molecule has 1 aromatic heterocycles. The summed E-state index contributed by atoms with van der Waals surface area (Å²) in [7, 11) is 0. The average molecular weight is 253 g/mol. The summed E-state index contributed by atoms with van der Waals surface area (Å²) in [6.07, 6.45) is 1.03. The van der Waals surface area contributed by atoms with Crippen molar-refractivity contribution in [1.29, 1.82) is 0 Å². The minimum atomic E-state index is 0. The van der Waals surface area contributed by atoms with Gasteiger partial charge in [-0.15, -0.1) is 12.4 Å². The van der Waals surface area contributed by atoms with Gasteiger partial charge >= 0.3 is 0 Å². The van der Waals surface area contributed by atoms with E-state index in [0.29, 0.717) is 5.92 Å². The number of H-pyrrole nitrogens is 1. The largest absolute Gasteiger partial charge is 0.358 e. The molecule has 0 saturated carbocycles. The first kappa shape index (κ1) is 14.1. The van der Waals surface area contributed by atoms with Crippen molar-refractivity contribution in [3.63, 3.8) is 0 Å². The molecule has 0 spiro atoms. The molecule has 94 valence electrons. The highest BCUT2D eigenvalue weighted by molar-refractivity contribution is 5.85. The molecule has 3 N–H and O–H groups in total. The van der Waals surface area contributed by atoms with Gasteiger partial charge in [-0.2, -0.15) is 0 Å². The Bertz CT molecular complexity index is 488. The van der Waals surface area contributed by atoms with Crippen LogP contribution < -0.4 is 5.73 Å². The number of hydrogen-bond acceptors (Lipinski definition) is 1. The Kier molecular flexibility index (Phi) is 4.61. The first-order chi connectivity index (χ1) is 7.59. The monoisotopic (exact) mass is 252 g/mol. The number of para-hydroxylation sites is 1. The van der Waals surface area contributed by atoms with Crippen LogP contribution in [-0.2, 0) is 0 Å². The average Bonchev–Trinajstić information content (AvgIpc) is 2.52. The van der Waals surface area contributed by atoms with Crippen molar-refractivity contribution in [2.24, 2.45) is 11.7 Å². The van der Waals surface area contributed by atoms with Gasteiger partial charge in [-0.05, 0) is 30.9 Å². The molecule has 0 unspecified atom stereocenters. The molecule has 2 aromatic rings. The van der Waals surface area contributed by atoms with Gasteiger partial charge in [0.25, 0.3) is 0 Å². The van der Waals surface area contributed by atoms with Crippen LogP contribution in [0.4, 0.5) is 0 Å². The van der Waals surface area contributed by atoms with Crippen molar-refractivity contribution in [2.45, 2.75) is 33.2 Å². The van der Waals surface area contributed by atoms with Crippen LogP contribution in [0.25, 0.3) is 10.9 Å². The molecule has 17 heavy (non-hydrogen) atoms. The van der Waals surface area contributed by atoms with Gasteiger partial charge in [0.05, 0.1) is 0 Å². The fourth-order valence-electron chi connectivity index (χ4n) is 2.40. The fraction of sp³-hybridized carbons (Fsp3) is 0.429. The van der Waals surface area contributed by atoms with Crippen molar-refractivity contribution >= 4 is 23.3 Å². The minimum Gasteiger partial charge on any atom is -0.358 e. The van der Waals surface area contributed by atoms with Crippen LogP contribution in [0.2, 0.25) is 0 Å². The number of halogens is 1. The van der Waals surface area contributed by atoms with Crippen LogP contribution in [0.5, 0.6) is 0 Å². The van der Waals surface area contributed by atoms with Gasteiger partial charge in [-0.3, -0.25) is 0 Å². The van der Waals surface area contributed by atoms with E-state index in [1.54, 1.807) is 0 Å². The lowest BCUT2D eigenvalue weighted by atomic mass is 9.96. The Morgan fingerprint density at radius 1 is 1.24 bits per heavy atom. The Hall–Kier alpha value is -0.990. The molecule has 1 heterocycles. The standard InChI is InChI=1S/C14H20N2.ClH/c1-9(2)8-12(15)14-10(3)16-13-7-5-4-6-11(13)14;/h4-7,9,12,16H,8,15H2,1-3H3;1H/t12-;/m1./s1. The molecule has 1 atom stereocenters.